The summed E-state index contributed by atoms with van der Waals surface area (Å²) in [5, 5.41) is 12.2. The van der Waals surface area contributed by atoms with E-state index in [0.29, 0.717) is 28.4 Å². The first kappa shape index (κ1) is 23.4. The van der Waals surface area contributed by atoms with E-state index in [4.69, 9.17) is 9.47 Å². The fourth-order valence-corrected chi connectivity index (χ4v) is 3.33. The van der Waals surface area contributed by atoms with Gasteiger partial charge in [0.15, 0.2) is 11.5 Å². The minimum Gasteiger partial charge on any atom is -0.493 e. The molecule has 0 unspecified atom stereocenters. The number of carbonyl (C=O) groups is 1. The van der Waals surface area contributed by atoms with Crippen LogP contribution in [0.25, 0.3) is 11.8 Å². The molecule has 3 rings (SSSR count). The summed E-state index contributed by atoms with van der Waals surface area (Å²) in [5.74, 6) is 0.374. The SMILES string of the molecule is COc1cc(/C=C(\C#N)C(=O)Nc2c(C)n(C)n(-c3ccccc3)c2=O)ccc1OC(C)C. The van der Waals surface area contributed by atoms with Crippen LogP contribution in [-0.4, -0.2) is 28.5 Å². The predicted octanol–water partition coefficient (Wildman–Crippen LogP) is 3.83. The molecule has 33 heavy (non-hydrogen) atoms. The molecule has 0 aliphatic heterocycles. The van der Waals surface area contributed by atoms with E-state index in [9.17, 15) is 14.9 Å². The fourth-order valence-electron chi connectivity index (χ4n) is 3.33. The maximum absolute atomic E-state index is 13.0. The number of aromatic nitrogens is 2. The third kappa shape index (κ3) is 4.99. The summed E-state index contributed by atoms with van der Waals surface area (Å²) in [5.41, 5.74) is 1.39. The largest absolute Gasteiger partial charge is 0.493 e. The van der Waals surface area contributed by atoms with Crippen LogP contribution >= 0.6 is 0 Å². The highest BCUT2D eigenvalue weighted by Crippen LogP contribution is 2.30. The first-order valence-corrected chi connectivity index (χ1v) is 10.4. The van der Waals surface area contributed by atoms with Crippen LogP contribution in [0.1, 0.15) is 25.1 Å². The number of nitrogens with one attached hydrogen (secondary N) is 1. The number of carbonyl (C=O) groups excluding carboxylic acids is 1. The molecule has 1 N–H and O–H groups in total. The summed E-state index contributed by atoms with van der Waals surface area (Å²) in [6.45, 7) is 5.54. The van der Waals surface area contributed by atoms with Crippen LogP contribution in [0.5, 0.6) is 11.5 Å². The summed E-state index contributed by atoms with van der Waals surface area (Å²) in [4.78, 5) is 25.9. The molecule has 2 aromatic carbocycles. The minimum absolute atomic E-state index is 0.0326. The molecule has 0 fully saturated rings. The lowest BCUT2D eigenvalue weighted by atomic mass is 10.1. The minimum atomic E-state index is -0.676. The number of benzene rings is 2. The van der Waals surface area contributed by atoms with Crippen molar-refractivity contribution in [3.63, 3.8) is 0 Å². The van der Waals surface area contributed by atoms with Crippen molar-refractivity contribution in [3.05, 3.63) is 75.7 Å². The van der Waals surface area contributed by atoms with Gasteiger partial charge >= 0.3 is 0 Å². The number of ether oxygens (including phenoxy) is 2. The Bertz CT molecular complexity index is 1290. The zero-order valence-corrected chi connectivity index (χ0v) is 19.2. The van der Waals surface area contributed by atoms with E-state index in [-0.39, 0.29) is 22.9 Å². The lowest BCUT2D eigenvalue weighted by Gasteiger charge is -2.13. The Morgan fingerprint density at radius 1 is 1.15 bits per heavy atom. The first-order valence-electron chi connectivity index (χ1n) is 10.4. The highest BCUT2D eigenvalue weighted by Gasteiger charge is 2.20. The van der Waals surface area contributed by atoms with Crippen molar-refractivity contribution in [1.29, 1.82) is 5.26 Å². The number of anilines is 1. The van der Waals surface area contributed by atoms with Gasteiger partial charge in [-0.2, -0.15) is 5.26 Å². The van der Waals surface area contributed by atoms with Crippen molar-refractivity contribution in [2.24, 2.45) is 7.05 Å². The van der Waals surface area contributed by atoms with Crippen molar-refractivity contribution in [2.75, 3.05) is 12.4 Å². The Hall–Kier alpha value is -4.25. The second kappa shape index (κ2) is 9.92. The number of nitriles is 1. The standard InChI is InChI=1S/C25H26N4O4/c1-16(2)33-21-12-11-18(14-22(21)32-5)13-19(15-26)24(30)27-23-17(3)28(4)29(25(23)31)20-9-7-6-8-10-20/h6-14,16H,1-5H3,(H,27,30)/b19-13+. The van der Waals surface area contributed by atoms with Gasteiger partial charge in [0.2, 0.25) is 0 Å². The Morgan fingerprint density at radius 3 is 2.45 bits per heavy atom. The zero-order chi connectivity index (χ0) is 24.1. The summed E-state index contributed by atoms with van der Waals surface area (Å²) >= 11 is 0. The van der Waals surface area contributed by atoms with Gasteiger partial charge in [0.05, 0.1) is 24.6 Å². The number of nitrogens with zero attached hydrogens (tertiary/aromatic N) is 3. The van der Waals surface area contributed by atoms with Crippen LogP contribution in [0.2, 0.25) is 0 Å². The fraction of sp³-hybridized carbons (Fsp3) is 0.240. The lowest BCUT2D eigenvalue weighted by Crippen LogP contribution is -2.23. The Labute approximate surface area is 192 Å². The van der Waals surface area contributed by atoms with E-state index in [1.807, 2.05) is 38.1 Å². The second-order valence-corrected chi connectivity index (χ2v) is 7.64. The molecule has 1 aromatic heterocycles. The molecule has 1 heterocycles. The van der Waals surface area contributed by atoms with Gasteiger partial charge in [-0.25, -0.2) is 4.68 Å². The molecule has 0 radical (unpaired) electrons. The summed E-state index contributed by atoms with van der Waals surface area (Å²) < 4.78 is 14.2. The molecule has 8 nitrogen and oxygen atoms in total. The molecule has 0 aliphatic rings. The van der Waals surface area contributed by atoms with E-state index in [1.165, 1.54) is 17.9 Å². The molecule has 1 amide bonds. The number of para-hydroxylation sites is 1. The molecule has 0 aliphatic carbocycles. The highest BCUT2D eigenvalue weighted by molar-refractivity contribution is 6.09. The van der Waals surface area contributed by atoms with Gasteiger partial charge in [0.25, 0.3) is 11.5 Å². The van der Waals surface area contributed by atoms with E-state index >= 15 is 0 Å². The predicted molar refractivity (Wildman–Crippen MR) is 127 cm³/mol. The van der Waals surface area contributed by atoms with Crippen LogP contribution in [0.3, 0.4) is 0 Å². The van der Waals surface area contributed by atoms with Crippen molar-refractivity contribution in [2.45, 2.75) is 26.9 Å². The number of amides is 1. The van der Waals surface area contributed by atoms with Crippen LogP contribution in [0, 0.1) is 18.3 Å². The van der Waals surface area contributed by atoms with Gasteiger partial charge in [-0.15, -0.1) is 0 Å². The average molecular weight is 447 g/mol. The van der Waals surface area contributed by atoms with Crippen molar-refractivity contribution >= 4 is 17.7 Å². The van der Waals surface area contributed by atoms with E-state index in [0.717, 1.165) is 0 Å². The molecule has 8 heteroatoms. The summed E-state index contributed by atoms with van der Waals surface area (Å²) in [6, 6.07) is 16.1. The quantitative estimate of drug-likeness (QED) is 0.439. The third-order valence-electron chi connectivity index (χ3n) is 5.02. The van der Waals surface area contributed by atoms with Crippen LogP contribution in [0.15, 0.2) is 58.9 Å². The monoisotopic (exact) mass is 446 g/mol. The Balaban J connectivity index is 1.92. The maximum Gasteiger partial charge on any atom is 0.295 e. The zero-order valence-electron chi connectivity index (χ0n) is 19.2. The molecule has 0 spiro atoms. The second-order valence-electron chi connectivity index (χ2n) is 7.64. The van der Waals surface area contributed by atoms with Gasteiger partial charge in [-0.1, -0.05) is 24.3 Å². The number of rotatable bonds is 7. The molecule has 3 aromatic rings. The molecule has 0 saturated carbocycles. The molecule has 0 saturated heterocycles. The first-order chi connectivity index (χ1) is 15.8. The van der Waals surface area contributed by atoms with Gasteiger partial charge in [-0.05, 0) is 56.7 Å². The lowest BCUT2D eigenvalue weighted by molar-refractivity contribution is -0.112. The smallest absolute Gasteiger partial charge is 0.295 e. The van der Waals surface area contributed by atoms with Crippen molar-refractivity contribution < 1.29 is 14.3 Å². The number of hydrogen-bond acceptors (Lipinski definition) is 5. The van der Waals surface area contributed by atoms with Crippen LogP contribution in [-0.2, 0) is 11.8 Å². The summed E-state index contributed by atoms with van der Waals surface area (Å²) in [6.07, 6.45) is 1.40. The molecule has 170 valence electrons. The average Bonchev–Trinajstić information content (AvgIpc) is 3.01. The van der Waals surface area contributed by atoms with Gasteiger partial charge in [-0.3, -0.25) is 14.3 Å². The van der Waals surface area contributed by atoms with E-state index < -0.39 is 5.91 Å². The number of hydrogen-bond donors (Lipinski definition) is 1. The molecule has 0 atom stereocenters. The maximum atomic E-state index is 13.0. The third-order valence-corrected chi connectivity index (χ3v) is 5.02. The van der Waals surface area contributed by atoms with Gasteiger partial charge < -0.3 is 14.8 Å². The molecule has 0 bridgehead atoms. The van der Waals surface area contributed by atoms with E-state index in [2.05, 4.69) is 5.32 Å². The van der Waals surface area contributed by atoms with Gasteiger partial charge in [0.1, 0.15) is 17.3 Å². The molecular formula is C25H26N4O4. The van der Waals surface area contributed by atoms with Gasteiger partial charge in [0, 0.05) is 7.05 Å². The van der Waals surface area contributed by atoms with Crippen molar-refractivity contribution in [3.8, 4) is 23.3 Å². The number of methoxy groups -OCH3 is 1. The molecular weight excluding hydrogens is 420 g/mol. The van der Waals surface area contributed by atoms with Crippen LogP contribution in [0.4, 0.5) is 5.69 Å². The summed E-state index contributed by atoms with van der Waals surface area (Å²) in [7, 11) is 3.25. The highest BCUT2D eigenvalue weighted by atomic mass is 16.5. The van der Waals surface area contributed by atoms with E-state index in [1.54, 1.807) is 49.0 Å². The Kier molecular flexibility index (Phi) is 7.04. The van der Waals surface area contributed by atoms with Crippen LogP contribution < -0.4 is 20.3 Å². The topological polar surface area (TPSA) is 98.3 Å². The Morgan fingerprint density at radius 2 is 1.85 bits per heavy atom. The van der Waals surface area contributed by atoms with Crippen molar-refractivity contribution in [1.82, 2.24) is 9.36 Å². The normalized spacial score (nSPS) is 11.2.